The van der Waals surface area contributed by atoms with E-state index in [-0.39, 0.29) is 24.7 Å². The number of anilines is 1. The Morgan fingerprint density at radius 2 is 1.81 bits per heavy atom. The summed E-state index contributed by atoms with van der Waals surface area (Å²) in [6, 6.07) is 7.08. The van der Waals surface area contributed by atoms with E-state index in [1.54, 1.807) is 30.5 Å². The molecule has 0 spiro atoms. The number of nitrogens with zero attached hydrogens (tertiary/aromatic N) is 1. The van der Waals surface area contributed by atoms with Crippen molar-refractivity contribution in [1.82, 2.24) is 5.43 Å². The molecule has 2 amide bonds. The predicted octanol–water partition coefficient (Wildman–Crippen LogP) is 2.32. The first-order valence-electron chi connectivity index (χ1n) is 6.98. The van der Waals surface area contributed by atoms with Gasteiger partial charge in [-0.25, -0.2) is 5.43 Å². The van der Waals surface area contributed by atoms with Gasteiger partial charge in [0.25, 0.3) is 0 Å². The van der Waals surface area contributed by atoms with Gasteiger partial charge >= 0.3 is 0 Å². The van der Waals surface area contributed by atoms with Gasteiger partial charge in [-0.1, -0.05) is 6.92 Å². The van der Waals surface area contributed by atoms with E-state index in [1.807, 2.05) is 13.8 Å². The number of ether oxygens (including phenoxy) is 1. The van der Waals surface area contributed by atoms with E-state index in [9.17, 15) is 9.59 Å². The zero-order valence-corrected chi connectivity index (χ0v) is 12.4. The molecule has 0 bridgehead atoms. The van der Waals surface area contributed by atoms with Crippen LogP contribution in [-0.2, 0) is 9.59 Å². The first kappa shape index (κ1) is 16.7. The minimum absolute atomic E-state index is 0.101. The summed E-state index contributed by atoms with van der Waals surface area (Å²) in [4.78, 5) is 23.1. The Bertz CT molecular complexity index is 483. The van der Waals surface area contributed by atoms with E-state index < -0.39 is 0 Å². The van der Waals surface area contributed by atoms with Gasteiger partial charge in [-0.2, -0.15) is 5.10 Å². The monoisotopic (exact) mass is 291 g/mol. The molecule has 6 heteroatoms. The van der Waals surface area contributed by atoms with Crippen molar-refractivity contribution in [2.45, 2.75) is 33.1 Å². The largest absolute Gasteiger partial charge is 0.494 e. The van der Waals surface area contributed by atoms with Gasteiger partial charge in [0.1, 0.15) is 5.75 Å². The Morgan fingerprint density at radius 1 is 1.14 bits per heavy atom. The summed E-state index contributed by atoms with van der Waals surface area (Å²) in [6.07, 6.45) is 2.56. The second-order valence-corrected chi connectivity index (χ2v) is 4.26. The van der Waals surface area contributed by atoms with E-state index in [0.29, 0.717) is 12.3 Å². The van der Waals surface area contributed by atoms with Crippen LogP contribution in [0.1, 0.15) is 33.1 Å². The molecule has 0 fully saturated rings. The number of carbonyl (C=O) groups excluding carboxylic acids is 2. The fraction of sp³-hybridized carbons (Fsp3) is 0.400. The van der Waals surface area contributed by atoms with Gasteiger partial charge in [-0.15, -0.1) is 0 Å². The second-order valence-electron chi connectivity index (χ2n) is 4.26. The molecule has 0 aliphatic carbocycles. The Hall–Kier alpha value is -2.37. The molecule has 0 heterocycles. The van der Waals surface area contributed by atoms with E-state index >= 15 is 0 Å². The molecule has 2 N–H and O–H groups in total. The summed E-state index contributed by atoms with van der Waals surface area (Å²) in [7, 11) is 0. The van der Waals surface area contributed by atoms with Gasteiger partial charge in [-0.05, 0) is 37.6 Å². The van der Waals surface area contributed by atoms with Crippen molar-refractivity contribution >= 4 is 23.7 Å². The fourth-order valence-electron chi connectivity index (χ4n) is 1.52. The Labute approximate surface area is 124 Å². The number of carbonyl (C=O) groups is 2. The lowest BCUT2D eigenvalue weighted by atomic mass is 10.2. The second kappa shape index (κ2) is 9.52. The molecular weight excluding hydrogens is 270 g/mol. The smallest absolute Gasteiger partial charge is 0.240 e. The molecule has 1 aromatic carbocycles. The van der Waals surface area contributed by atoms with Gasteiger partial charge in [0.05, 0.1) is 6.61 Å². The first-order valence-corrected chi connectivity index (χ1v) is 6.98. The van der Waals surface area contributed by atoms with Crippen LogP contribution in [0, 0.1) is 0 Å². The SMILES string of the molecule is CCC=NNC(=O)CCC(=O)Nc1ccc(OCC)cc1. The average Bonchev–Trinajstić information content (AvgIpc) is 2.48. The van der Waals surface area contributed by atoms with Crippen molar-refractivity contribution in [3.63, 3.8) is 0 Å². The van der Waals surface area contributed by atoms with E-state index in [0.717, 1.165) is 12.2 Å². The van der Waals surface area contributed by atoms with Gasteiger partial charge in [0, 0.05) is 24.7 Å². The number of hydrogen-bond donors (Lipinski definition) is 2. The third kappa shape index (κ3) is 7.10. The highest BCUT2D eigenvalue weighted by atomic mass is 16.5. The molecular formula is C15H21N3O3. The van der Waals surface area contributed by atoms with Crippen molar-refractivity contribution in [3.8, 4) is 5.75 Å². The molecule has 0 aromatic heterocycles. The summed E-state index contributed by atoms with van der Waals surface area (Å²) in [6.45, 7) is 4.42. The molecule has 1 aromatic rings. The molecule has 1 rings (SSSR count). The van der Waals surface area contributed by atoms with E-state index in [2.05, 4.69) is 15.8 Å². The van der Waals surface area contributed by atoms with Gasteiger partial charge in [0.2, 0.25) is 11.8 Å². The van der Waals surface area contributed by atoms with E-state index in [4.69, 9.17) is 4.74 Å². The molecule has 114 valence electrons. The minimum atomic E-state index is -0.276. The molecule has 21 heavy (non-hydrogen) atoms. The Morgan fingerprint density at radius 3 is 2.43 bits per heavy atom. The number of amides is 2. The van der Waals surface area contributed by atoms with Crippen molar-refractivity contribution in [2.24, 2.45) is 5.10 Å². The van der Waals surface area contributed by atoms with Crippen molar-refractivity contribution in [3.05, 3.63) is 24.3 Å². The van der Waals surface area contributed by atoms with Crippen LogP contribution >= 0.6 is 0 Å². The number of hydrogen-bond acceptors (Lipinski definition) is 4. The summed E-state index contributed by atoms with van der Waals surface area (Å²) < 4.78 is 5.31. The van der Waals surface area contributed by atoms with Crippen LogP contribution in [0.25, 0.3) is 0 Å². The lowest BCUT2D eigenvalue weighted by Crippen LogP contribution is -2.20. The summed E-state index contributed by atoms with van der Waals surface area (Å²) in [5.41, 5.74) is 3.03. The summed E-state index contributed by atoms with van der Waals surface area (Å²) in [5, 5.41) is 6.43. The molecule has 0 saturated heterocycles. The fourth-order valence-corrected chi connectivity index (χ4v) is 1.52. The maximum absolute atomic E-state index is 11.7. The number of rotatable bonds is 8. The highest BCUT2D eigenvalue weighted by molar-refractivity contribution is 5.93. The molecule has 0 radical (unpaired) electrons. The molecule has 0 unspecified atom stereocenters. The van der Waals surface area contributed by atoms with Gasteiger partial charge in [-0.3, -0.25) is 9.59 Å². The van der Waals surface area contributed by atoms with Crippen LogP contribution in [0.5, 0.6) is 5.75 Å². The zero-order valence-electron chi connectivity index (χ0n) is 12.4. The quantitative estimate of drug-likeness (QED) is 0.570. The van der Waals surface area contributed by atoms with Crippen LogP contribution in [0.15, 0.2) is 29.4 Å². The maximum Gasteiger partial charge on any atom is 0.240 e. The Kier molecular flexibility index (Phi) is 7.56. The molecule has 0 saturated carbocycles. The first-order chi connectivity index (χ1) is 10.2. The molecule has 0 aliphatic rings. The van der Waals surface area contributed by atoms with Crippen molar-refractivity contribution in [2.75, 3.05) is 11.9 Å². The van der Waals surface area contributed by atoms with Crippen molar-refractivity contribution in [1.29, 1.82) is 0 Å². The summed E-state index contributed by atoms with van der Waals surface area (Å²) >= 11 is 0. The van der Waals surface area contributed by atoms with Crippen LogP contribution in [0.3, 0.4) is 0 Å². The number of benzene rings is 1. The number of nitrogens with one attached hydrogen (secondary N) is 2. The maximum atomic E-state index is 11.7. The van der Waals surface area contributed by atoms with Gasteiger partial charge < -0.3 is 10.1 Å². The predicted molar refractivity (Wildman–Crippen MR) is 82.4 cm³/mol. The molecule has 6 nitrogen and oxygen atoms in total. The topological polar surface area (TPSA) is 79.8 Å². The van der Waals surface area contributed by atoms with E-state index in [1.165, 1.54) is 0 Å². The highest BCUT2D eigenvalue weighted by Crippen LogP contribution is 2.15. The average molecular weight is 291 g/mol. The molecule has 0 atom stereocenters. The summed E-state index contributed by atoms with van der Waals surface area (Å²) in [5.74, 6) is 0.263. The third-order valence-corrected chi connectivity index (χ3v) is 2.49. The number of hydrazone groups is 1. The lowest BCUT2D eigenvalue weighted by Gasteiger charge is -2.06. The highest BCUT2D eigenvalue weighted by Gasteiger charge is 2.06. The van der Waals surface area contributed by atoms with Crippen LogP contribution in [0.4, 0.5) is 5.69 Å². The normalized spacial score (nSPS) is 10.4. The van der Waals surface area contributed by atoms with Gasteiger partial charge in [0.15, 0.2) is 0 Å². The van der Waals surface area contributed by atoms with Crippen LogP contribution < -0.4 is 15.5 Å². The van der Waals surface area contributed by atoms with Crippen LogP contribution in [-0.4, -0.2) is 24.6 Å². The van der Waals surface area contributed by atoms with Crippen LogP contribution in [0.2, 0.25) is 0 Å². The Balaban J connectivity index is 2.33. The minimum Gasteiger partial charge on any atom is -0.494 e. The lowest BCUT2D eigenvalue weighted by molar-refractivity contribution is -0.124. The van der Waals surface area contributed by atoms with Crippen molar-refractivity contribution < 1.29 is 14.3 Å². The zero-order chi connectivity index (χ0) is 15.5. The third-order valence-electron chi connectivity index (χ3n) is 2.49. The standard InChI is InChI=1S/C15H21N3O3/c1-3-11-16-18-15(20)10-9-14(19)17-12-5-7-13(8-6-12)21-4-2/h5-8,11H,3-4,9-10H2,1-2H3,(H,17,19)(H,18,20). The molecule has 0 aliphatic heterocycles.